The number of hydrogen-bond acceptors (Lipinski definition) is 12. The molecule has 0 saturated heterocycles. The smallest absolute Gasteiger partial charge is 0.264 e. The number of nitrogens with one attached hydrogen (secondary N) is 6. The van der Waals surface area contributed by atoms with E-state index in [1.807, 2.05) is 105 Å². The van der Waals surface area contributed by atoms with E-state index in [2.05, 4.69) is 51.0 Å². The van der Waals surface area contributed by atoms with E-state index in [9.17, 15) is 24.3 Å². The molecule has 2 atom stereocenters. The molecule has 2 aliphatic carbocycles. The van der Waals surface area contributed by atoms with Crippen LogP contribution in [0, 0.1) is 13.8 Å². The molecule has 2 unspecified atom stereocenters. The zero-order chi connectivity index (χ0) is 51.3. The molecule has 4 amide bonds. The average molecular weight is 1040 g/mol. The second-order valence-corrected chi connectivity index (χ2v) is 21.8. The number of phenols is 1. The summed E-state index contributed by atoms with van der Waals surface area (Å²) in [4.78, 5) is 66.2. The number of benzene rings is 6. The Hall–Kier alpha value is -7.79. The van der Waals surface area contributed by atoms with Crippen LogP contribution < -0.4 is 31.9 Å². The molecule has 13 nitrogen and oxygen atoms in total. The Morgan fingerprint density at radius 2 is 1.19 bits per heavy atom. The molecule has 0 bridgehead atoms. The van der Waals surface area contributed by atoms with E-state index >= 15 is 0 Å². The maximum atomic E-state index is 14.1. The number of anilines is 4. The van der Waals surface area contributed by atoms with Gasteiger partial charge in [-0.25, -0.2) is 9.97 Å². The molecule has 16 heteroatoms. The molecule has 2 fully saturated rings. The van der Waals surface area contributed by atoms with Crippen LogP contribution in [-0.4, -0.2) is 56.5 Å². The summed E-state index contributed by atoms with van der Waals surface area (Å²) in [5.74, 6) is 0.251. The van der Waals surface area contributed by atoms with Crippen molar-refractivity contribution in [1.29, 1.82) is 0 Å². The number of rotatable bonds is 19. The lowest BCUT2D eigenvalue weighted by Crippen LogP contribution is -2.26. The lowest BCUT2D eigenvalue weighted by atomic mass is 10.1. The minimum atomic E-state index is -0.293. The Morgan fingerprint density at radius 1 is 0.608 bits per heavy atom. The molecule has 10 rings (SSSR count). The molecule has 8 aromatic rings. The third-order valence-corrected chi connectivity index (χ3v) is 15.7. The van der Waals surface area contributed by atoms with Gasteiger partial charge < -0.3 is 37.0 Å². The maximum absolute atomic E-state index is 14.1. The van der Waals surface area contributed by atoms with Gasteiger partial charge in [0.2, 0.25) is 0 Å². The fourth-order valence-corrected chi connectivity index (χ4v) is 11.0. The monoisotopic (exact) mass is 1040 g/mol. The number of thioether (sulfide) groups is 1. The molecule has 2 saturated carbocycles. The van der Waals surface area contributed by atoms with Crippen LogP contribution in [0.1, 0.15) is 100.0 Å². The zero-order valence-electron chi connectivity index (χ0n) is 41.0. The van der Waals surface area contributed by atoms with E-state index < -0.39 is 0 Å². The Bertz CT molecular complexity index is 3390. The molecule has 0 aliphatic heterocycles. The second-order valence-electron chi connectivity index (χ2n) is 18.5. The quantitative estimate of drug-likeness (QED) is 0.0384. The number of aromatic hydroxyl groups is 1. The highest BCUT2D eigenvalue weighted by molar-refractivity contribution is 7.99. The van der Waals surface area contributed by atoms with E-state index in [1.54, 1.807) is 48.2 Å². The molecular formula is C58H54N8O5S3. The number of amides is 4. The van der Waals surface area contributed by atoms with E-state index in [4.69, 9.17) is 9.97 Å². The first-order valence-electron chi connectivity index (χ1n) is 24.5. The summed E-state index contributed by atoms with van der Waals surface area (Å²) in [6.07, 6.45) is 2.77. The molecule has 0 spiro atoms. The average Bonchev–Trinajstić information content (AvgIpc) is 4.31. The van der Waals surface area contributed by atoms with E-state index in [-0.39, 0.29) is 53.9 Å². The third-order valence-electron chi connectivity index (χ3n) is 12.9. The van der Waals surface area contributed by atoms with Crippen LogP contribution in [-0.2, 0) is 13.1 Å². The fraction of sp³-hybridized carbons (Fsp3) is 0.207. The van der Waals surface area contributed by atoms with Gasteiger partial charge in [0.05, 0.1) is 11.4 Å². The minimum absolute atomic E-state index is 0.0602. The number of carbonyl (C=O) groups excluding carboxylic acids is 4. The zero-order valence-corrected chi connectivity index (χ0v) is 43.4. The molecule has 0 radical (unpaired) electrons. The van der Waals surface area contributed by atoms with Gasteiger partial charge in [0.25, 0.3) is 23.6 Å². The maximum Gasteiger partial charge on any atom is 0.264 e. The highest BCUT2D eigenvalue weighted by Crippen LogP contribution is 2.42. The van der Waals surface area contributed by atoms with Gasteiger partial charge in [-0.2, -0.15) is 0 Å². The minimum Gasteiger partial charge on any atom is -0.508 e. The first-order chi connectivity index (χ1) is 35.9. The fourth-order valence-electron chi connectivity index (χ4n) is 8.53. The summed E-state index contributed by atoms with van der Waals surface area (Å²) in [7, 11) is 0. The first kappa shape index (κ1) is 49.8. The van der Waals surface area contributed by atoms with E-state index in [1.165, 1.54) is 22.7 Å². The summed E-state index contributed by atoms with van der Waals surface area (Å²) >= 11 is 4.21. The topological polar surface area (TPSA) is 186 Å². The summed E-state index contributed by atoms with van der Waals surface area (Å²) in [5, 5.41) is 30.4. The lowest BCUT2D eigenvalue weighted by Gasteiger charge is -2.11. The van der Waals surface area contributed by atoms with Gasteiger partial charge in [-0.05, 0) is 115 Å². The lowest BCUT2D eigenvalue weighted by molar-refractivity contribution is 0.0942. The number of nitrogens with zero attached hydrogens (tertiary/aromatic N) is 2. The predicted octanol–water partition coefficient (Wildman–Crippen LogP) is 11.9. The summed E-state index contributed by atoms with van der Waals surface area (Å²) in [6, 6.07) is 43.7. The van der Waals surface area contributed by atoms with Gasteiger partial charge in [-0.15, -0.1) is 11.8 Å². The van der Waals surface area contributed by atoms with Crippen molar-refractivity contribution in [2.45, 2.75) is 76.0 Å². The highest BCUT2D eigenvalue weighted by atomic mass is 32.2. The van der Waals surface area contributed by atoms with Crippen molar-refractivity contribution in [1.82, 2.24) is 31.2 Å². The molecule has 6 aromatic carbocycles. The number of aromatic nitrogens is 2. The Morgan fingerprint density at radius 3 is 1.80 bits per heavy atom. The Balaban J connectivity index is 0.794. The van der Waals surface area contributed by atoms with Crippen molar-refractivity contribution in [2.24, 2.45) is 0 Å². The molecule has 74 heavy (non-hydrogen) atoms. The Kier molecular flexibility index (Phi) is 14.9. The van der Waals surface area contributed by atoms with Crippen molar-refractivity contribution in [2.75, 3.05) is 16.4 Å². The van der Waals surface area contributed by atoms with Crippen LogP contribution in [0.4, 0.5) is 21.6 Å². The van der Waals surface area contributed by atoms with Crippen molar-refractivity contribution in [3.05, 3.63) is 188 Å². The third kappa shape index (κ3) is 12.0. The van der Waals surface area contributed by atoms with Crippen molar-refractivity contribution >= 4 is 79.7 Å². The van der Waals surface area contributed by atoms with E-state index in [0.717, 1.165) is 69.0 Å². The van der Waals surface area contributed by atoms with Crippen LogP contribution in [0.15, 0.2) is 144 Å². The van der Waals surface area contributed by atoms with Gasteiger partial charge in [-0.1, -0.05) is 121 Å². The summed E-state index contributed by atoms with van der Waals surface area (Å²) in [6.45, 7) is 6.64. The van der Waals surface area contributed by atoms with Crippen LogP contribution in [0.2, 0.25) is 0 Å². The molecular weight excluding hydrogens is 985 g/mol. The van der Waals surface area contributed by atoms with Gasteiger partial charge in [0.1, 0.15) is 15.5 Å². The highest BCUT2D eigenvalue weighted by Gasteiger charge is 2.40. The summed E-state index contributed by atoms with van der Waals surface area (Å²) in [5.41, 5.74) is 9.66. The summed E-state index contributed by atoms with van der Waals surface area (Å²) < 4.78 is 0. The van der Waals surface area contributed by atoms with Crippen molar-refractivity contribution in [3.8, 4) is 28.3 Å². The molecule has 374 valence electrons. The Labute approximate surface area is 441 Å². The predicted molar refractivity (Wildman–Crippen MR) is 296 cm³/mol. The normalized spacial score (nSPS) is 14.7. The second kappa shape index (κ2) is 22.1. The van der Waals surface area contributed by atoms with Crippen molar-refractivity contribution in [3.63, 3.8) is 0 Å². The number of aryl methyl sites for hydroxylation is 2. The molecule has 7 N–H and O–H groups in total. The van der Waals surface area contributed by atoms with E-state index in [0.29, 0.717) is 60.3 Å². The number of carbonyl (C=O) groups is 4. The number of thiazole rings is 2. The van der Waals surface area contributed by atoms with Gasteiger partial charge in [0, 0.05) is 69.6 Å². The standard InChI is InChI=1S/C58H54N8O5S3/c1-4-72-44-24-20-37(21-25-44)49-51(73-57(65-49)63-46-28-40(18-16-33(46)2)53(68)61-42-22-23-42)55(70)60-32-36-12-8-13-38(26-36)45-30-48(45)62-54(69)41-19-17-34(3)47(29-41)64-58-66-50(39-14-9-15-43(67)27-39)52(74-58)56(71)59-31-35-10-6-5-7-11-35/h5-21,24-29,42,45,48,67H,4,22-23,30-32H2,1-3H3,(H,59,71)(H,60,70)(H,61,68)(H,62,69)(H,63,65)(H,64,66). The van der Waals surface area contributed by atoms with Gasteiger partial charge in [-0.3, -0.25) is 19.2 Å². The molecule has 2 aromatic heterocycles. The van der Waals surface area contributed by atoms with Crippen LogP contribution in [0.5, 0.6) is 5.75 Å². The van der Waals surface area contributed by atoms with Crippen LogP contribution >= 0.6 is 34.4 Å². The number of phenolic OH excluding ortho intramolecular Hbond substituents is 1. The first-order valence-corrected chi connectivity index (χ1v) is 27.2. The molecule has 2 aliphatic rings. The number of hydrogen-bond donors (Lipinski definition) is 7. The SMILES string of the molecule is CCSc1ccc(-c2nc(Nc3cc(C(=O)NC4CC4)ccc3C)sc2C(=O)NCc2cccc(C3CC3NC(=O)c3ccc(C)c(Nc4nc(-c5cccc(O)c5)c(C(=O)NCc5ccccc5)s4)c3)c2)cc1. The molecule has 2 heterocycles. The van der Waals surface area contributed by atoms with Gasteiger partial charge >= 0.3 is 0 Å². The van der Waals surface area contributed by atoms with Crippen LogP contribution in [0.25, 0.3) is 22.5 Å². The van der Waals surface area contributed by atoms with Crippen molar-refractivity contribution < 1.29 is 24.3 Å². The largest absolute Gasteiger partial charge is 0.508 e. The van der Waals surface area contributed by atoms with Gasteiger partial charge in [0.15, 0.2) is 10.3 Å². The van der Waals surface area contributed by atoms with Crippen LogP contribution in [0.3, 0.4) is 0 Å².